The first-order valence-electron chi connectivity index (χ1n) is 18.0. The summed E-state index contributed by atoms with van der Waals surface area (Å²) in [5.41, 5.74) is 1.94. The molecule has 0 aliphatic carbocycles. The second kappa shape index (κ2) is 13.5. The standard InChI is InChI=1S/C42H44N2O4/c1-3-5-7-9-11-13-21-43-39(45)35-23-27-15-17-29-30-18-16-28-24-36-38(42(48)44(40(36)46)22-14-12-10-8-6-4-2)26-34(28)32(30)20-19-31(29)33(27)25-37(35)41(43)47/h15-20,23-26H,3-14,21-22H2,1-2H3. The molecule has 6 heteroatoms. The Bertz CT molecular complexity index is 1960. The predicted molar refractivity (Wildman–Crippen MR) is 194 cm³/mol. The largest absolute Gasteiger partial charge is 0.274 e. The molecule has 246 valence electrons. The lowest BCUT2D eigenvalue weighted by atomic mass is 9.91. The summed E-state index contributed by atoms with van der Waals surface area (Å²) in [4.78, 5) is 56.3. The molecule has 0 radical (unpaired) electrons. The van der Waals surface area contributed by atoms with E-state index in [1.54, 1.807) is 0 Å². The molecule has 2 aliphatic heterocycles. The van der Waals surface area contributed by atoms with Crippen molar-refractivity contribution in [1.29, 1.82) is 0 Å². The Labute approximate surface area is 282 Å². The first kappa shape index (κ1) is 32.0. The number of rotatable bonds is 14. The Morgan fingerprint density at radius 3 is 1.08 bits per heavy atom. The van der Waals surface area contributed by atoms with E-state index in [9.17, 15) is 19.2 Å². The lowest BCUT2D eigenvalue weighted by Gasteiger charge is -2.13. The fourth-order valence-electron chi connectivity index (χ4n) is 7.77. The molecule has 0 N–H and O–H groups in total. The van der Waals surface area contributed by atoms with Crippen molar-refractivity contribution in [1.82, 2.24) is 9.80 Å². The van der Waals surface area contributed by atoms with Crippen molar-refractivity contribution in [2.45, 2.75) is 90.9 Å². The fourth-order valence-corrected chi connectivity index (χ4v) is 7.77. The van der Waals surface area contributed by atoms with Crippen LogP contribution in [0.2, 0.25) is 0 Å². The number of hydrogen-bond acceptors (Lipinski definition) is 4. The Kier molecular flexibility index (Phi) is 9.00. The highest BCUT2D eigenvalue weighted by atomic mass is 16.2. The van der Waals surface area contributed by atoms with E-state index in [1.807, 2.05) is 36.4 Å². The maximum atomic E-state index is 13.4. The van der Waals surface area contributed by atoms with Gasteiger partial charge in [0.2, 0.25) is 0 Å². The summed E-state index contributed by atoms with van der Waals surface area (Å²) in [6.07, 6.45) is 13.2. The molecule has 0 fully saturated rings. The van der Waals surface area contributed by atoms with Crippen LogP contribution in [0.1, 0.15) is 132 Å². The molecule has 0 aromatic heterocycles. The number of carbonyl (C=O) groups is 4. The van der Waals surface area contributed by atoms with Gasteiger partial charge in [-0.15, -0.1) is 0 Å². The average Bonchev–Trinajstić information content (AvgIpc) is 3.47. The molecule has 48 heavy (non-hydrogen) atoms. The minimum absolute atomic E-state index is 0.193. The highest BCUT2D eigenvalue weighted by molar-refractivity contribution is 6.28. The van der Waals surface area contributed by atoms with Crippen molar-refractivity contribution >= 4 is 66.7 Å². The quantitative estimate of drug-likeness (QED) is 0.0688. The molecule has 0 spiro atoms. The van der Waals surface area contributed by atoms with Gasteiger partial charge in [-0.3, -0.25) is 29.0 Å². The van der Waals surface area contributed by atoms with E-state index in [-0.39, 0.29) is 23.6 Å². The fraction of sp³-hybridized carbons (Fsp3) is 0.381. The van der Waals surface area contributed by atoms with Crippen LogP contribution in [0.3, 0.4) is 0 Å². The van der Waals surface area contributed by atoms with Crippen LogP contribution in [-0.2, 0) is 0 Å². The third-order valence-electron chi connectivity index (χ3n) is 10.5. The molecule has 0 atom stereocenters. The maximum absolute atomic E-state index is 13.4. The van der Waals surface area contributed by atoms with Gasteiger partial charge in [-0.1, -0.05) is 114 Å². The van der Waals surface area contributed by atoms with Crippen molar-refractivity contribution in [2.24, 2.45) is 0 Å². The van der Waals surface area contributed by atoms with Gasteiger partial charge < -0.3 is 0 Å². The number of fused-ring (bicyclic) bond motifs is 9. The van der Waals surface area contributed by atoms with E-state index in [4.69, 9.17) is 0 Å². The Morgan fingerprint density at radius 2 is 0.688 bits per heavy atom. The van der Waals surface area contributed by atoms with Gasteiger partial charge in [0.1, 0.15) is 0 Å². The summed E-state index contributed by atoms with van der Waals surface area (Å²) in [7, 11) is 0. The number of carbonyl (C=O) groups excluding carboxylic acids is 4. The second-order valence-corrected chi connectivity index (χ2v) is 13.7. The Morgan fingerprint density at radius 1 is 0.375 bits per heavy atom. The first-order valence-corrected chi connectivity index (χ1v) is 18.0. The first-order chi connectivity index (χ1) is 23.4. The van der Waals surface area contributed by atoms with Crippen LogP contribution >= 0.6 is 0 Å². The van der Waals surface area contributed by atoms with Crippen LogP contribution in [0.4, 0.5) is 0 Å². The van der Waals surface area contributed by atoms with Crippen LogP contribution in [-0.4, -0.2) is 46.5 Å². The zero-order valence-electron chi connectivity index (χ0n) is 28.2. The molecule has 0 saturated heterocycles. The smallest absolute Gasteiger partial charge is 0.261 e. The summed E-state index contributed by atoms with van der Waals surface area (Å²) < 4.78 is 0. The van der Waals surface area contributed by atoms with Gasteiger partial charge >= 0.3 is 0 Å². The summed E-state index contributed by atoms with van der Waals surface area (Å²) in [5.74, 6) is -0.788. The molecule has 5 aromatic rings. The number of benzene rings is 5. The molecular formula is C42H44N2O4. The van der Waals surface area contributed by atoms with Crippen molar-refractivity contribution in [3.8, 4) is 0 Å². The van der Waals surface area contributed by atoms with Crippen molar-refractivity contribution in [3.05, 3.63) is 82.9 Å². The van der Waals surface area contributed by atoms with E-state index >= 15 is 0 Å². The van der Waals surface area contributed by atoms with Gasteiger partial charge in [-0.2, -0.15) is 0 Å². The molecular weight excluding hydrogens is 596 g/mol. The van der Waals surface area contributed by atoms with Gasteiger partial charge in [0.05, 0.1) is 22.3 Å². The summed E-state index contributed by atoms with van der Waals surface area (Å²) in [5, 5.41) is 7.83. The molecule has 0 saturated carbocycles. The van der Waals surface area contributed by atoms with Gasteiger partial charge in [0.25, 0.3) is 23.6 Å². The minimum atomic E-state index is -0.201. The summed E-state index contributed by atoms with van der Waals surface area (Å²) >= 11 is 0. The lowest BCUT2D eigenvalue weighted by molar-refractivity contribution is 0.0636. The molecule has 5 aromatic carbocycles. The third kappa shape index (κ3) is 5.55. The summed E-state index contributed by atoms with van der Waals surface area (Å²) in [6.45, 7) is 5.31. The predicted octanol–water partition coefficient (Wildman–Crippen LogP) is 10.2. The molecule has 0 bridgehead atoms. The van der Waals surface area contributed by atoms with E-state index in [0.717, 1.165) is 81.6 Å². The monoisotopic (exact) mass is 640 g/mol. The molecule has 7 rings (SSSR count). The number of unbranched alkanes of at least 4 members (excludes halogenated alkanes) is 10. The zero-order chi connectivity index (χ0) is 33.4. The zero-order valence-corrected chi connectivity index (χ0v) is 28.2. The van der Waals surface area contributed by atoms with Gasteiger partial charge in [-0.25, -0.2) is 0 Å². The number of imide groups is 2. The molecule has 6 nitrogen and oxygen atoms in total. The van der Waals surface area contributed by atoms with Gasteiger partial charge in [0, 0.05) is 13.1 Å². The van der Waals surface area contributed by atoms with E-state index in [1.165, 1.54) is 48.3 Å². The van der Waals surface area contributed by atoms with Crippen LogP contribution in [0.5, 0.6) is 0 Å². The van der Waals surface area contributed by atoms with Crippen molar-refractivity contribution < 1.29 is 19.2 Å². The highest BCUT2D eigenvalue weighted by Crippen LogP contribution is 2.39. The van der Waals surface area contributed by atoms with Crippen molar-refractivity contribution in [3.63, 3.8) is 0 Å². The Hall–Kier alpha value is -4.58. The van der Waals surface area contributed by atoms with E-state index < -0.39 is 0 Å². The number of nitrogens with zero attached hydrogens (tertiary/aromatic N) is 2. The number of amides is 4. The number of hydrogen-bond donors (Lipinski definition) is 0. The minimum Gasteiger partial charge on any atom is -0.274 e. The van der Waals surface area contributed by atoms with Gasteiger partial charge in [0.15, 0.2) is 0 Å². The molecule has 2 aliphatic rings. The molecule has 0 unspecified atom stereocenters. The van der Waals surface area contributed by atoms with E-state index in [2.05, 4.69) is 38.1 Å². The van der Waals surface area contributed by atoms with Crippen molar-refractivity contribution in [2.75, 3.05) is 13.1 Å². The SMILES string of the molecule is CCCCCCCCN1C(=O)c2cc3ccc4c(ccc5c6cc7c(cc6ccc54)C(=O)N(CCCCCCCC)C7=O)c3cc2C1=O. The molecule has 2 heterocycles. The van der Waals surface area contributed by atoms with Crippen LogP contribution in [0.15, 0.2) is 60.7 Å². The van der Waals surface area contributed by atoms with Crippen LogP contribution < -0.4 is 0 Å². The normalized spacial score (nSPS) is 14.5. The van der Waals surface area contributed by atoms with E-state index in [0.29, 0.717) is 35.3 Å². The second-order valence-electron chi connectivity index (χ2n) is 13.7. The van der Waals surface area contributed by atoms with Crippen LogP contribution in [0.25, 0.3) is 43.1 Å². The van der Waals surface area contributed by atoms with Crippen LogP contribution in [0, 0.1) is 0 Å². The Balaban J connectivity index is 1.19. The third-order valence-corrected chi connectivity index (χ3v) is 10.5. The maximum Gasteiger partial charge on any atom is 0.261 e. The lowest BCUT2D eigenvalue weighted by Crippen LogP contribution is -2.30. The van der Waals surface area contributed by atoms with Gasteiger partial charge in [-0.05, 0) is 80.2 Å². The molecule has 4 amide bonds. The topological polar surface area (TPSA) is 74.8 Å². The average molecular weight is 641 g/mol. The summed E-state index contributed by atoms with van der Waals surface area (Å²) in [6, 6.07) is 19.9. The highest BCUT2D eigenvalue weighted by Gasteiger charge is 2.37.